The molecule has 0 radical (unpaired) electrons. The third-order valence-corrected chi connectivity index (χ3v) is 4.90. The van der Waals surface area contributed by atoms with E-state index in [4.69, 9.17) is 11.6 Å². The van der Waals surface area contributed by atoms with Crippen LogP contribution in [0, 0.1) is 0 Å². The molecule has 0 bridgehead atoms. The molecule has 0 fully saturated rings. The number of rotatable bonds is 7. The van der Waals surface area contributed by atoms with Gasteiger partial charge in [-0.1, -0.05) is 11.6 Å². The lowest BCUT2D eigenvalue weighted by Gasteiger charge is -2.31. The number of likely N-dealkylation sites (N-methyl/N-ethyl adjacent to an activating group) is 1. The predicted octanol–water partition coefficient (Wildman–Crippen LogP) is 2.33. The molecule has 0 saturated carbocycles. The molecule has 1 heterocycles. The quantitative estimate of drug-likeness (QED) is 0.524. The largest absolute Gasteiger partial charge is 0.386 e. The molecule has 0 saturated heterocycles. The summed E-state index contributed by atoms with van der Waals surface area (Å²) in [4.78, 5) is 7.59. The van der Waals surface area contributed by atoms with E-state index in [1.807, 2.05) is 27.1 Å². The van der Waals surface area contributed by atoms with Crippen LogP contribution in [0.25, 0.3) is 0 Å². The van der Waals surface area contributed by atoms with Crippen molar-refractivity contribution in [2.24, 2.45) is 4.99 Å². The number of thiophene rings is 1. The number of halogens is 1. The zero-order valence-corrected chi connectivity index (χ0v) is 15.6. The SMILES string of the molecule is CCNC(=NCC(C)(C)N(C)C)NCC(O)c1ccc(Cl)s1. The van der Waals surface area contributed by atoms with Gasteiger partial charge in [-0.05, 0) is 47.0 Å². The van der Waals surface area contributed by atoms with Crippen LogP contribution in [0.1, 0.15) is 31.8 Å². The van der Waals surface area contributed by atoms with Crippen LogP contribution in [0.2, 0.25) is 4.34 Å². The summed E-state index contributed by atoms with van der Waals surface area (Å²) in [6.07, 6.45) is -0.594. The van der Waals surface area contributed by atoms with Gasteiger partial charge in [0.25, 0.3) is 0 Å². The molecule has 3 N–H and O–H groups in total. The minimum atomic E-state index is -0.594. The molecule has 1 aromatic rings. The van der Waals surface area contributed by atoms with Crippen LogP contribution in [0.5, 0.6) is 0 Å². The van der Waals surface area contributed by atoms with Gasteiger partial charge < -0.3 is 20.6 Å². The Bertz CT molecular complexity index is 488. The van der Waals surface area contributed by atoms with E-state index in [0.717, 1.165) is 11.4 Å². The Morgan fingerprint density at radius 1 is 1.41 bits per heavy atom. The molecular weight excluding hydrogens is 320 g/mol. The molecular formula is C15H27ClN4OS. The lowest BCUT2D eigenvalue weighted by atomic mass is 10.1. The molecule has 126 valence electrons. The van der Waals surface area contributed by atoms with Crippen molar-refractivity contribution >= 4 is 28.9 Å². The predicted molar refractivity (Wildman–Crippen MR) is 96.0 cm³/mol. The van der Waals surface area contributed by atoms with Crippen molar-refractivity contribution in [3.05, 3.63) is 21.3 Å². The van der Waals surface area contributed by atoms with Gasteiger partial charge in [0.2, 0.25) is 0 Å². The smallest absolute Gasteiger partial charge is 0.191 e. The van der Waals surface area contributed by atoms with Crippen molar-refractivity contribution in [3.8, 4) is 0 Å². The maximum Gasteiger partial charge on any atom is 0.191 e. The molecule has 1 rings (SSSR count). The van der Waals surface area contributed by atoms with E-state index in [9.17, 15) is 5.11 Å². The number of hydrogen-bond acceptors (Lipinski definition) is 4. The van der Waals surface area contributed by atoms with E-state index in [0.29, 0.717) is 23.4 Å². The van der Waals surface area contributed by atoms with Crippen molar-refractivity contribution in [1.29, 1.82) is 0 Å². The number of aliphatic hydroxyl groups is 1. The maximum atomic E-state index is 10.2. The summed E-state index contributed by atoms with van der Waals surface area (Å²) in [5, 5.41) is 16.5. The summed E-state index contributed by atoms with van der Waals surface area (Å²) in [6.45, 7) is 8.13. The molecule has 0 amide bonds. The second kappa shape index (κ2) is 8.72. The summed E-state index contributed by atoms with van der Waals surface area (Å²) in [6, 6.07) is 3.64. The monoisotopic (exact) mass is 346 g/mol. The molecule has 1 atom stereocenters. The second-order valence-electron chi connectivity index (χ2n) is 5.94. The highest BCUT2D eigenvalue weighted by atomic mass is 35.5. The van der Waals surface area contributed by atoms with Crippen LogP contribution in [-0.4, -0.2) is 55.2 Å². The van der Waals surface area contributed by atoms with Gasteiger partial charge in [0.15, 0.2) is 5.96 Å². The van der Waals surface area contributed by atoms with Crippen molar-refractivity contribution in [3.63, 3.8) is 0 Å². The van der Waals surface area contributed by atoms with Gasteiger partial charge in [-0.25, -0.2) is 0 Å². The lowest BCUT2D eigenvalue weighted by Crippen LogP contribution is -2.44. The van der Waals surface area contributed by atoms with Crippen LogP contribution in [0.15, 0.2) is 17.1 Å². The molecule has 22 heavy (non-hydrogen) atoms. The Hall–Kier alpha value is -0.820. The van der Waals surface area contributed by atoms with Gasteiger partial charge in [-0.15, -0.1) is 11.3 Å². The molecule has 0 aliphatic rings. The van der Waals surface area contributed by atoms with Gasteiger partial charge >= 0.3 is 0 Å². The minimum Gasteiger partial charge on any atom is -0.386 e. The number of nitrogens with zero attached hydrogens (tertiary/aromatic N) is 2. The minimum absolute atomic E-state index is 0.0256. The average Bonchev–Trinajstić information content (AvgIpc) is 2.88. The van der Waals surface area contributed by atoms with Crippen molar-refractivity contribution in [1.82, 2.24) is 15.5 Å². The zero-order valence-electron chi connectivity index (χ0n) is 14.0. The first-order valence-electron chi connectivity index (χ1n) is 7.39. The molecule has 5 nitrogen and oxygen atoms in total. The van der Waals surface area contributed by atoms with Crippen LogP contribution in [0.3, 0.4) is 0 Å². The molecule has 1 unspecified atom stereocenters. The zero-order chi connectivity index (χ0) is 16.8. The highest BCUT2D eigenvalue weighted by Crippen LogP contribution is 2.26. The van der Waals surface area contributed by atoms with Crippen molar-refractivity contribution in [2.45, 2.75) is 32.4 Å². The Balaban J connectivity index is 2.60. The first-order chi connectivity index (χ1) is 10.3. The van der Waals surface area contributed by atoms with E-state index in [2.05, 4.69) is 34.4 Å². The lowest BCUT2D eigenvalue weighted by molar-refractivity contribution is 0.184. The van der Waals surface area contributed by atoms with Gasteiger partial charge in [0.1, 0.15) is 6.10 Å². The number of hydrogen-bond donors (Lipinski definition) is 3. The fraction of sp³-hybridized carbons (Fsp3) is 0.667. The standard InChI is InChI=1S/C15H27ClN4OS/c1-6-17-14(19-10-15(2,3)20(4)5)18-9-11(21)12-7-8-13(16)22-12/h7-8,11,21H,6,9-10H2,1-5H3,(H2,17,18,19). The van der Waals surface area contributed by atoms with E-state index in [1.165, 1.54) is 11.3 Å². The molecule has 0 aliphatic carbocycles. The normalized spacial score (nSPS) is 14.3. The van der Waals surface area contributed by atoms with Crippen molar-refractivity contribution in [2.75, 3.05) is 33.7 Å². The number of aliphatic hydroxyl groups excluding tert-OH is 1. The van der Waals surface area contributed by atoms with E-state index in [-0.39, 0.29) is 5.54 Å². The maximum absolute atomic E-state index is 10.2. The highest BCUT2D eigenvalue weighted by Gasteiger charge is 2.20. The Morgan fingerprint density at radius 2 is 2.09 bits per heavy atom. The Labute approximate surface area is 142 Å². The van der Waals surface area contributed by atoms with Gasteiger partial charge in [0, 0.05) is 23.5 Å². The fourth-order valence-corrected chi connectivity index (χ4v) is 2.60. The van der Waals surface area contributed by atoms with Crippen molar-refractivity contribution < 1.29 is 5.11 Å². The van der Waals surface area contributed by atoms with E-state index < -0.39 is 6.10 Å². The third-order valence-electron chi connectivity index (χ3n) is 3.56. The summed E-state index contributed by atoms with van der Waals surface area (Å²) >= 11 is 7.28. The Kier molecular flexibility index (Phi) is 7.62. The van der Waals surface area contributed by atoms with Crippen LogP contribution in [0.4, 0.5) is 0 Å². The summed E-state index contributed by atoms with van der Waals surface area (Å²) < 4.78 is 0.683. The Morgan fingerprint density at radius 3 is 2.59 bits per heavy atom. The molecule has 7 heteroatoms. The van der Waals surface area contributed by atoms with Gasteiger partial charge in [-0.2, -0.15) is 0 Å². The van der Waals surface area contributed by atoms with Crippen LogP contribution in [-0.2, 0) is 0 Å². The first-order valence-corrected chi connectivity index (χ1v) is 8.58. The average molecular weight is 347 g/mol. The van der Waals surface area contributed by atoms with Crippen LogP contribution >= 0.6 is 22.9 Å². The topological polar surface area (TPSA) is 59.9 Å². The molecule has 0 aromatic carbocycles. The second-order valence-corrected chi connectivity index (χ2v) is 7.69. The summed E-state index contributed by atoms with van der Waals surface area (Å²) in [5.74, 6) is 0.708. The summed E-state index contributed by atoms with van der Waals surface area (Å²) in [7, 11) is 4.08. The number of aliphatic imine (C=N–C) groups is 1. The fourth-order valence-electron chi connectivity index (χ4n) is 1.56. The molecule has 1 aromatic heterocycles. The molecule has 0 spiro atoms. The van der Waals surface area contributed by atoms with Gasteiger partial charge in [-0.3, -0.25) is 4.99 Å². The highest BCUT2D eigenvalue weighted by molar-refractivity contribution is 7.16. The number of guanidine groups is 1. The third kappa shape index (κ3) is 6.12. The van der Waals surface area contributed by atoms with Gasteiger partial charge in [0.05, 0.1) is 10.9 Å². The molecule has 0 aliphatic heterocycles. The number of nitrogens with one attached hydrogen (secondary N) is 2. The summed E-state index contributed by atoms with van der Waals surface area (Å²) in [5.41, 5.74) is -0.0256. The van der Waals surface area contributed by atoms with Crippen LogP contribution < -0.4 is 10.6 Å². The van der Waals surface area contributed by atoms with E-state index in [1.54, 1.807) is 6.07 Å². The van der Waals surface area contributed by atoms with E-state index >= 15 is 0 Å². The first kappa shape index (κ1) is 19.2.